The van der Waals surface area contributed by atoms with Crippen LogP contribution in [0.1, 0.15) is 44.3 Å². The standard InChI is InChI=1S/C25H25FN4O3/c1-15-9-5-6-10-19(15)13-30-17(3)23(16(2)28-30)27-25(31)24-20(18(4)33-29-24)14-32-22-12-8-7-11-21(22)26/h5-12H,13-14H2,1-4H3,(H,27,31). The van der Waals surface area contributed by atoms with Crippen molar-refractivity contribution in [3.8, 4) is 5.75 Å². The molecule has 4 aromatic rings. The second-order valence-corrected chi connectivity index (χ2v) is 7.87. The zero-order valence-electron chi connectivity index (χ0n) is 19.0. The quantitative estimate of drug-likeness (QED) is 0.424. The predicted molar refractivity (Wildman–Crippen MR) is 122 cm³/mol. The van der Waals surface area contributed by atoms with E-state index < -0.39 is 11.7 Å². The van der Waals surface area contributed by atoms with Gasteiger partial charge in [0.25, 0.3) is 5.91 Å². The number of carbonyl (C=O) groups is 1. The third-order valence-electron chi connectivity index (χ3n) is 5.61. The summed E-state index contributed by atoms with van der Waals surface area (Å²) in [6.45, 7) is 8.03. The summed E-state index contributed by atoms with van der Waals surface area (Å²) in [6.07, 6.45) is 0. The van der Waals surface area contributed by atoms with Crippen LogP contribution in [-0.2, 0) is 13.2 Å². The van der Waals surface area contributed by atoms with Gasteiger partial charge in [-0.1, -0.05) is 41.6 Å². The van der Waals surface area contributed by atoms with Crippen molar-refractivity contribution >= 4 is 11.6 Å². The van der Waals surface area contributed by atoms with Crippen molar-refractivity contribution < 1.29 is 18.4 Å². The fourth-order valence-corrected chi connectivity index (χ4v) is 3.60. The van der Waals surface area contributed by atoms with Crippen molar-refractivity contribution in [1.29, 1.82) is 0 Å². The lowest BCUT2D eigenvalue weighted by Gasteiger charge is -2.09. The van der Waals surface area contributed by atoms with Crippen LogP contribution in [0.4, 0.5) is 10.1 Å². The number of carbonyl (C=O) groups excluding carboxylic acids is 1. The molecule has 8 heteroatoms. The van der Waals surface area contributed by atoms with Gasteiger partial charge in [0, 0.05) is 0 Å². The van der Waals surface area contributed by atoms with Gasteiger partial charge in [-0.05, 0) is 51.0 Å². The second-order valence-electron chi connectivity index (χ2n) is 7.87. The molecular formula is C25H25FN4O3. The number of para-hydroxylation sites is 1. The maximum absolute atomic E-state index is 13.9. The van der Waals surface area contributed by atoms with Gasteiger partial charge in [-0.25, -0.2) is 4.39 Å². The Morgan fingerprint density at radius 2 is 1.82 bits per heavy atom. The van der Waals surface area contributed by atoms with Crippen LogP contribution in [0.5, 0.6) is 5.75 Å². The monoisotopic (exact) mass is 448 g/mol. The summed E-state index contributed by atoms with van der Waals surface area (Å²) in [4.78, 5) is 13.1. The van der Waals surface area contributed by atoms with Gasteiger partial charge in [0.1, 0.15) is 12.4 Å². The topological polar surface area (TPSA) is 82.2 Å². The highest BCUT2D eigenvalue weighted by atomic mass is 19.1. The average Bonchev–Trinajstić information content (AvgIpc) is 3.29. The van der Waals surface area contributed by atoms with Crippen LogP contribution >= 0.6 is 0 Å². The lowest BCUT2D eigenvalue weighted by Crippen LogP contribution is -2.16. The van der Waals surface area contributed by atoms with Gasteiger partial charge in [-0.3, -0.25) is 9.48 Å². The Bertz CT molecular complexity index is 1310. The van der Waals surface area contributed by atoms with Gasteiger partial charge in [-0.15, -0.1) is 0 Å². The van der Waals surface area contributed by atoms with E-state index in [1.54, 1.807) is 19.1 Å². The first-order valence-electron chi connectivity index (χ1n) is 10.6. The molecule has 0 fully saturated rings. The normalized spacial score (nSPS) is 10.9. The molecule has 7 nitrogen and oxygen atoms in total. The van der Waals surface area contributed by atoms with Crippen molar-refractivity contribution in [2.75, 3.05) is 5.32 Å². The van der Waals surface area contributed by atoms with Gasteiger partial charge in [0.05, 0.1) is 29.2 Å². The molecule has 0 spiro atoms. The highest BCUT2D eigenvalue weighted by Crippen LogP contribution is 2.24. The van der Waals surface area contributed by atoms with E-state index in [0.717, 1.165) is 11.3 Å². The lowest BCUT2D eigenvalue weighted by molar-refractivity contribution is 0.101. The molecule has 1 N–H and O–H groups in total. The fourth-order valence-electron chi connectivity index (χ4n) is 3.60. The van der Waals surface area contributed by atoms with Crippen LogP contribution < -0.4 is 10.1 Å². The Hall–Kier alpha value is -3.94. The first kappa shape index (κ1) is 22.3. The average molecular weight is 448 g/mol. The maximum atomic E-state index is 13.9. The predicted octanol–water partition coefficient (Wildman–Crippen LogP) is 5.12. The number of amides is 1. The summed E-state index contributed by atoms with van der Waals surface area (Å²) in [7, 11) is 0. The van der Waals surface area contributed by atoms with Crippen molar-refractivity contribution in [2.45, 2.75) is 40.8 Å². The SMILES string of the molecule is Cc1ccccc1Cn1nc(C)c(NC(=O)c2noc(C)c2COc2ccccc2F)c1C. The van der Waals surface area contributed by atoms with E-state index in [1.807, 2.05) is 30.7 Å². The number of aryl methyl sites for hydroxylation is 3. The molecule has 2 aromatic heterocycles. The molecule has 0 unspecified atom stereocenters. The Morgan fingerprint density at radius 1 is 1.09 bits per heavy atom. The van der Waals surface area contributed by atoms with Crippen molar-refractivity contribution in [2.24, 2.45) is 0 Å². The van der Waals surface area contributed by atoms with E-state index in [9.17, 15) is 9.18 Å². The van der Waals surface area contributed by atoms with Gasteiger partial charge >= 0.3 is 0 Å². The fraction of sp³-hybridized carbons (Fsp3) is 0.240. The second kappa shape index (κ2) is 9.28. The van der Waals surface area contributed by atoms with Crippen LogP contribution in [0, 0.1) is 33.5 Å². The molecule has 0 aliphatic rings. The van der Waals surface area contributed by atoms with Crippen LogP contribution in [0.15, 0.2) is 53.1 Å². The van der Waals surface area contributed by atoms with Gasteiger partial charge in [-0.2, -0.15) is 5.10 Å². The van der Waals surface area contributed by atoms with Gasteiger partial charge in [0.2, 0.25) is 0 Å². The molecule has 0 bridgehead atoms. The number of nitrogens with zero attached hydrogens (tertiary/aromatic N) is 3. The third kappa shape index (κ3) is 4.64. The molecule has 0 atom stereocenters. The molecule has 4 rings (SSSR count). The van der Waals surface area contributed by atoms with Crippen molar-refractivity contribution in [3.63, 3.8) is 0 Å². The van der Waals surface area contributed by atoms with Gasteiger partial charge in [0.15, 0.2) is 17.3 Å². The summed E-state index contributed by atoms with van der Waals surface area (Å²) < 4.78 is 26.5. The molecule has 0 saturated carbocycles. The summed E-state index contributed by atoms with van der Waals surface area (Å²) >= 11 is 0. The number of benzene rings is 2. The zero-order valence-corrected chi connectivity index (χ0v) is 19.0. The summed E-state index contributed by atoms with van der Waals surface area (Å²) in [5.74, 6) is -0.403. The van der Waals surface area contributed by atoms with E-state index in [-0.39, 0.29) is 18.1 Å². The summed E-state index contributed by atoms with van der Waals surface area (Å²) in [6, 6.07) is 14.2. The number of aromatic nitrogens is 3. The molecule has 2 aromatic carbocycles. The summed E-state index contributed by atoms with van der Waals surface area (Å²) in [5, 5.41) is 11.4. The lowest BCUT2D eigenvalue weighted by atomic mass is 10.1. The van der Waals surface area contributed by atoms with E-state index >= 15 is 0 Å². The molecule has 0 aliphatic heterocycles. The number of hydrogen-bond acceptors (Lipinski definition) is 5. The first-order chi connectivity index (χ1) is 15.8. The number of ether oxygens (including phenoxy) is 1. The molecule has 1 amide bonds. The van der Waals surface area contributed by atoms with Crippen LogP contribution in [-0.4, -0.2) is 20.8 Å². The maximum Gasteiger partial charge on any atom is 0.278 e. The molecule has 0 radical (unpaired) electrons. The van der Waals surface area contributed by atoms with Gasteiger partial charge < -0.3 is 14.6 Å². The summed E-state index contributed by atoms with van der Waals surface area (Å²) in [5.41, 5.74) is 5.02. The van der Waals surface area contributed by atoms with Crippen LogP contribution in [0.2, 0.25) is 0 Å². The Morgan fingerprint density at radius 3 is 2.58 bits per heavy atom. The van der Waals surface area contributed by atoms with E-state index in [1.165, 1.54) is 17.7 Å². The number of anilines is 1. The van der Waals surface area contributed by atoms with E-state index in [2.05, 4.69) is 34.6 Å². The first-order valence-corrected chi connectivity index (χ1v) is 10.6. The smallest absolute Gasteiger partial charge is 0.278 e. The van der Waals surface area contributed by atoms with Crippen molar-refractivity contribution in [1.82, 2.24) is 14.9 Å². The highest BCUT2D eigenvalue weighted by Gasteiger charge is 2.23. The largest absolute Gasteiger partial charge is 0.486 e. The Balaban J connectivity index is 1.53. The van der Waals surface area contributed by atoms with Crippen LogP contribution in [0.3, 0.4) is 0 Å². The minimum atomic E-state index is -0.482. The minimum Gasteiger partial charge on any atom is -0.486 e. The highest BCUT2D eigenvalue weighted by molar-refractivity contribution is 6.04. The third-order valence-corrected chi connectivity index (χ3v) is 5.61. The van der Waals surface area contributed by atoms with E-state index in [4.69, 9.17) is 9.26 Å². The van der Waals surface area contributed by atoms with E-state index in [0.29, 0.717) is 29.2 Å². The Kier molecular flexibility index (Phi) is 6.26. The van der Waals surface area contributed by atoms with Crippen LogP contribution in [0.25, 0.3) is 0 Å². The molecule has 2 heterocycles. The van der Waals surface area contributed by atoms with Crippen molar-refractivity contribution in [3.05, 3.63) is 93.9 Å². The number of nitrogens with one attached hydrogen (secondary N) is 1. The molecular weight excluding hydrogens is 423 g/mol. The zero-order chi connectivity index (χ0) is 23.5. The Labute approximate surface area is 191 Å². The molecule has 170 valence electrons. The molecule has 0 aliphatic carbocycles. The number of hydrogen-bond donors (Lipinski definition) is 1. The molecule has 0 saturated heterocycles. The molecule has 33 heavy (non-hydrogen) atoms. The number of halogens is 1. The minimum absolute atomic E-state index is 0.0521. The number of rotatable bonds is 7.